The number of fused-ring (bicyclic) bond motifs is 1. The van der Waals surface area contributed by atoms with Gasteiger partial charge in [0, 0.05) is 61.4 Å². The van der Waals surface area contributed by atoms with Gasteiger partial charge in [-0.1, -0.05) is 32.9 Å². The molecule has 5 rings (SSSR count). The van der Waals surface area contributed by atoms with Crippen molar-refractivity contribution in [2.75, 3.05) is 44.2 Å². The molecule has 1 aromatic carbocycles. The predicted octanol–water partition coefficient (Wildman–Crippen LogP) is 5.29. The summed E-state index contributed by atoms with van der Waals surface area (Å²) in [5.41, 5.74) is 10.0. The minimum atomic E-state index is -0.106. The molecule has 7 heteroatoms. The molecule has 202 valence electrons. The summed E-state index contributed by atoms with van der Waals surface area (Å²) in [4.78, 5) is 21.3. The molecule has 0 amide bonds. The Balaban J connectivity index is 1.25. The lowest BCUT2D eigenvalue weighted by Gasteiger charge is -2.36. The molecular weight excluding hydrogens is 474 g/mol. The van der Waals surface area contributed by atoms with E-state index in [0.29, 0.717) is 18.4 Å². The Kier molecular flexibility index (Phi) is 7.84. The predicted molar refractivity (Wildman–Crippen MR) is 152 cm³/mol. The largest absolute Gasteiger partial charge is 0.466 e. The van der Waals surface area contributed by atoms with Crippen LogP contribution in [0.5, 0.6) is 0 Å². The van der Waals surface area contributed by atoms with Crippen LogP contribution in [0.3, 0.4) is 0 Å². The van der Waals surface area contributed by atoms with Gasteiger partial charge in [0.15, 0.2) is 0 Å². The lowest BCUT2D eigenvalue weighted by atomic mass is 9.72. The van der Waals surface area contributed by atoms with E-state index in [2.05, 4.69) is 71.1 Å². The highest BCUT2D eigenvalue weighted by molar-refractivity contribution is 5.72. The zero-order chi connectivity index (χ0) is 26.7. The maximum absolute atomic E-state index is 11.6. The van der Waals surface area contributed by atoms with E-state index in [4.69, 9.17) is 9.72 Å². The maximum atomic E-state index is 11.6. The Morgan fingerprint density at radius 1 is 1.08 bits per heavy atom. The number of ether oxygens (including phenoxy) is 1. The molecule has 0 unspecified atom stereocenters. The lowest BCUT2D eigenvalue weighted by molar-refractivity contribution is -0.143. The van der Waals surface area contributed by atoms with Crippen molar-refractivity contribution in [2.45, 2.75) is 59.8 Å². The van der Waals surface area contributed by atoms with E-state index in [-0.39, 0.29) is 5.97 Å². The van der Waals surface area contributed by atoms with Crippen molar-refractivity contribution in [2.24, 2.45) is 5.41 Å². The van der Waals surface area contributed by atoms with Crippen LogP contribution >= 0.6 is 0 Å². The third-order valence-electron chi connectivity index (χ3n) is 8.14. The summed E-state index contributed by atoms with van der Waals surface area (Å²) in [7, 11) is 0. The number of nitrogens with zero attached hydrogens (tertiary/aromatic N) is 4. The Hall–Kier alpha value is -3.19. The van der Waals surface area contributed by atoms with Crippen molar-refractivity contribution in [1.82, 2.24) is 20.1 Å². The number of H-pyrrole nitrogens is 1. The van der Waals surface area contributed by atoms with Crippen LogP contribution in [0, 0.1) is 5.41 Å². The van der Waals surface area contributed by atoms with Crippen molar-refractivity contribution in [3.05, 3.63) is 53.3 Å². The van der Waals surface area contributed by atoms with Gasteiger partial charge in [-0.25, -0.2) is 0 Å². The smallest absolute Gasteiger partial charge is 0.307 e. The minimum Gasteiger partial charge on any atom is -0.466 e. The van der Waals surface area contributed by atoms with E-state index in [0.717, 1.165) is 68.9 Å². The first kappa shape index (κ1) is 26.4. The highest BCUT2D eigenvalue weighted by atomic mass is 16.5. The van der Waals surface area contributed by atoms with Crippen LogP contribution in [0.2, 0.25) is 0 Å². The lowest BCUT2D eigenvalue weighted by Crippen LogP contribution is -2.47. The Morgan fingerprint density at radius 3 is 2.55 bits per heavy atom. The van der Waals surface area contributed by atoms with Crippen molar-refractivity contribution in [1.29, 1.82) is 0 Å². The number of hydrogen-bond donors (Lipinski definition) is 1. The van der Waals surface area contributed by atoms with Gasteiger partial charge in [0.05, 0.1) is 24.4 Å². The number of aromatic nitrogens is 3. The highest BCUT2D eigenvalue weighted by Gasteiger charge is 2.29. The van der Waals surface area contributed by atoms with E-state index in [1.165, 1.54) is 34.5 Å². The number of pyridine rings is 1. The number of aromatic amines is 1. The van der Waals surface area contributed by atoms with Gasteiger partial charge < -0.3 is 9.64 Å². The molecule has 0 saturated carbocycles. The fourth-order valence-corrected chi connectivity index (χ4v) is 5.86. The van der Waals surface area contributed by atoms with Crippen molar-refractivity contribution < 1.29 is 9.53 Å². The molecule has 0 bridgehead atoms. The topological polar surface area (TPSA) is 74.3 Å². The van der Waals surface area contributed by atoms with E-state index in [1.54, 1.807) is 0 Å². The van der Waals surface area contributed by atoms with Crippen LogP contribution in [0.1, 0.15) is 57.4 Å². The van der Waals surface area contributed by atoms with Crippen LogP contribution < -0.4 is 4.90 Å². The molecule has 1 saturated heterocycles. The molecule has 1 aliphatic heterocycles. The third kappa shape index (κ3) is 5.78. The van der Waals surface area contributed by atoms with Crippen molar-refractivity contribution in [3.8, 4) is 22.5 Å². The van der Waals surface area contributed by atoms with Gasteiger partial charge in [-0.2, -0.15) is 5.10 Å². The standard InChI is InChI=1S/C31H41N5O2/c1-5-27-25-20-31(3,4)13-11-24(25)26(21-32-27)29-19-28(33-34-29)22-7-9-23(10-8-22)36-17-15-35(16-18-36)14-12-30(37)38-6-2/h7-10,19,21H,5-6,11-18,20H2,1-4H3,(H,33,34). The summed E-state index contributed by atoms with van der Waals surface area (Å²) in [6, 6.07) is 10.9. The molecule has 1 N–H and O–H groups in total. The molecule has 2 aromatic heterocycles. The fraction of sp³-hybridized carbons (Fsp3) is 0.516. The van der Waals surface area contributed by atoms with Gasteiger partial charge in [0.25, 0.3) is 0 Å². The first-order valence-corrected chi connectivity index (χ1v) is 14.2. The van der Waals surface area contributed by atoms with Gasteiger partial charge in [-0.05, 0) is 67.3 Å². The van der Waals surface area contributed by atoms with Crippen LogP contribution in [0.15, 0.2) is 36.5 Å². The van der Waals surface area contributed by atoms with Crippen molar-refractivity contribution >= 4 is 11.7 Å². The van der Waals surface area contributed by atoms with Crippen LogP contribution in [0.4, 0.5) is 5.69 Å². The molecule has 1 aliphatic carbocycles. The van der Waals surface area contributed by atoms with Gasteiger partial charge in [0.2, 0.25) is 0 Å². The number of hydrogen-bond acceptors (Lipinski definition) is 6. The fourth-order valence-electron chi connectivity index (χ4n) is 5.86. The Bertz CT molecular complexity index is 1260. The first-order valence-electron chi connectivity index (χ1n) is 14.2. The number of carbonyl (C=O) groups is 1. The molecule has 0 atom stereocenters. The number of benzene rings is 1. The zero-order valence-corrected chi connectivity index (χ0v) is 23.3. The molecule has 3 heterocycles. The normalized spacial score (nSPS) is 17.3. The molecule has 38 heavy (non-hydrogen) atoms. The first-order chi connectivity index (χ1) is 18.4. The number of aryl methyl sites for hydroxylation is 1. The van der Waals surface area contributed by atoms with Gasteiger partial charge in [0.1, 0.15) is 0 Å². The van der Waals surface area contributed by atoms with E-state index in [1.807, 2.05) is 13.1 Å². The van der Waals surface area contributed by atoms with Crippen LogP contribution in [-0.4, -0.2) is 65.4 Å². The maximum Gasteiger partial charge on any atom is 0.307 e. The second-order valence-corrected chi connectivity index (χ2v) is 11.4. The second kappa shape index (κ2) is 11.3. The van der Waals surface area contributed by atoms with Crippen molar-refractivity contribution in [3.63, 3.8) is 0 Å². The van der Waals surface area contributed by atoms with Crippen LogP contribution in [-0.2, 0) is 28.8 Å². The van der Waals surface area contributed by atoms with Gasteiger partial charge in [-0.3, -0.25) is 19.8 Å². The average molecular weight is 516 g/mol. The summed E-state index contributed by atoms with van der Waals surface area (Å²) in [6.45, 7) is 13.8. The molecule has 0 spiro atoms. The third-order valence-corrected chi connectivity index (χ3v) is 8.14. The molecule has 1 fully saturated rings. The van der Waals surface area contributed by atoms with E-state index < -0.39 is 0 Å². The minimum absolute atomic E-state index is 0.106. The Morgan fingerprint density at radius 2 is 1.84 bits per heavy atom. The summed E-state index contributed by atoms with van der Waals surface area (Å²) in [5.74, 6) is -0.106. The molecule has 2 aliphatic rings. The number of nitrogens with one attached hydrogen (secondary N) is 1. The van der Waals surface area contributed by atoms with Gasteiger partial charge in [-0.15, -0.1) is 0 Å². The van der Waals surface area contributed by atoms with Gasteiger partial charge >= 0.3 is 5.97 Å². The Labute approximate surface area is 226 Å². The molecule has 0 radical (unpaired) electrons. The number of esters is 1. The number of rotatable bonds is 8. The second-order valence-electron chi connectivity index (χ2n) is 11.4. The summed E-state index contributed by atoms with van der Waals surface area (Å²) in [5, 5.41) is 7.97. The molecule has 7 nitrogen and oxygen atoms in total. The highest BCUT2D eigenvalue weighted by Crippen LogP contribution is 2.40. The van der Waals surface area contributed by atoms with E-state index >= 15 is 0 Å². The number of carbonyl (C=O) groups excluding carboxylic acids is 1. The summed E-state index contributed by atoms with van der Waals surface area (Å²) in [6.07, 6.45) is 6.86. The van der Waals surface area contributed by atoms with E-state index in [9.17, 15) is 4.79 Å². The monoisotopic (exact) mass is 515 g/mol. The van der Waals surface area contributed by atoms with Crippen LogP contribution in [0.25, 0.3) is 22.5 Å². The quantitative estimate of drug-likeness (QED) is 0.411. The SMILES string of the molecule is CCOC(=O)CCN1CCN(c2ccc(-c3cc(-c4cnc(CC)c5c4CCC(C)(C)C5)[nH]n3)cc2)CC1. The number of piperazine rings is 1. The zero-order valence-electron chi connectivity index (χ0n) is 23.3. The summed E-state index contributed by atoms with van der Waals surface area (Å²) >= 11 is 0. The number of anilines is 1. The molecular formula is C31H41N5O2. The summed E-state index contributed by atoms with van der Waals surface area (Å²) < 4.78 is 5.05. The average Bonchev–Trinajstić information content (AvgIpc) is 3.41. The molecule has 3 aromatic rings.